The SMILES string of the molecule is CP(C)c1cccc(-n2nc(C(F)(F)F)nc2-c2ccccn2)c1-n1nc(C(F)(F)F)nc1-c1ccccn1.[Os]. The first-order valence-electron chi connectivity index (χ1n) is 11.2. The Hall–Kier alpha value is -3.55. The number of aromatic nitrogens is 8. The van der Waals surface area contributed by atoms with E-state index in [0.29, 0.717) is 5.30 Å². The van der Waals surface area contributed by atoms with Crippen LogP contribution in [-0.2, 0) is 32.1 Å². The minimum Gasteiger partial charge on any atom is -0.253 e. The van der Waals surface area contributed by atoms with Gasteiger partial charge in [-0.3, -0.25) is 9.97 Å². The van der Waals surface area contributed by atoms with Crippen molar-refractivity contribution >= 4 is 13.2 Å². The number of nitrogens with zero attached hydrogens (tertiary/aromatic N) is 8. The van der Waals surface area contributed by atoms with Crippen LogP contribution < -0.4 is 5.30 Å². The van der Waals surface area contributed by atoms with Gasteiger partial charge in [0, 0.05) is 37.5 Å². The van der Waals surface area contributed by atoms with Gasteiger partial charge in [-0.15, -0.1) is 10.2 Å². The van der Waals surface area contributed by atoms with Crippen molar-refractivity contribution in [2.24, 2.45) is 0 Å². The zero-order valence-electron chi connectivity index (χ0n) is 20.5. The van der Waals surface area contributed by atoms with E-state index in [9.17, 15) is 26.3 Å². The van der Waals surface area contributed by atoms with Crippen LogP contribution in [0.4, 0.5) is 26.3 Å². The van der Waals surface area contributed by atoms with E-state index in [2.05, 4.69) is 30.1 Å². The number of para-hydroxylation sites is 1. The van der Waals surface area contributed by atoms with Gasteiger partial charge < -0.3 is 0 Å². The van der Waals surface area contributed by atoms with E-state index in [1.807, 2.05) is 13.3 Å². The van der Waals surface area contributed by atoms with Gasteiger partial charge in [0.1, 0.15) is 17.1 Å². The Morgan fingerprint density at radius 2 is 1.15 bits per heavy atom. The summed E-state index contributed by atoms with van der Waals surface area (Å²) in [4.78, 5) is 15.7. The van der Waals surface area contributed by atoms with Gasteiger partial charge in [-0.1, -0.05) is 32.2 Å². The molecule has 0 amide bonds. The van der Waals surface area contributed by atoms with Gasteiger partial charge in [0.05, 0.1) is 5.69 Å². The number of hydrogen-bond acceptors (Lipinski definition) is 6. The molecule has 0 unspecified atom stereocenters. The molecule has 0 spiro atoms. The fourth-order valence-corrected chi connectivity index (χ4v) is 4.80. The topological polar surface area (TPSA) is 87.2 Å². The van der Waals surface area contributed by atoms with Crippen molar-refractivity contribution in [1.82, 2.24) is 39.5 Å². The van der Waals surface area contributed by atoms with Crippen LogP contribution in [-0.4, -0.2) is 52.8 Å². The second-order valence-corrected chi connectivity index (χ2v) is 10.6. The van der Waals surface area contributed by atoms with Crippen molar-refractivity contribution in [3.8, 4) is 34.4 Å². The standard InChI is InChI=1S/C24H17F6N8P.Os/c1-39(2)17-11-7-10-16(37-19(14-8-3-5-12-31-14)33-21(35-37)23(25,26)27)18(17)38-20(15-9-4-6-13-32-15)34-22(36-38)24(28,29)30;/h3-13H,1-2H3;. The van der Waals surface area contributed by atoms with Crippen LogP contribution in [0.3, 0.4) is 0 Å². The first-order valence-corrected chi connectivity index (χ1v) is 13.4. The molecule has 0 bridgehead atoms. The molecule has 5 aromatic rings. The summed E-state index contributed by atoms with van der Waals surface area (Å²) in [5.74, 6) is -3.37. The fraction of sp³-hybridized carbons (Fsp3) is 0.167. The van der Waals surface area contributed by atoms with Crippen LogP contribution in [0.1, 0.15) is 11.6 Å². The summed E-state index contributed by atoms with van der Waals surface area (Å²) in [6, 6.07) is 13.9. The molecular formula is C24H17F6N8OsP. The van der Waals surface area contributed by atoms with E-state index in [0.717, 1.165) is 9.36 Å². The van der Waals surface area contributed by atoms with Crippen LogP contribution in [0.25, 0.3) is 34.4 Å². The monoisotopic (exact) mass is 754 g/mol. The number of halogens is 6. The van der Waals surface area contributed by atoms with Gasteiger partial charge in [0.25, 0.3) is 11.6 Å². The molecule has 8 nitrogen and oxygen atoms in total. The second kappa shape index (κ2) is 11.1. The van der Waals surface area contributed by atoms with E-state index in [1.54, 1.807) is 36.4 Å². The van der Waals surface area contributed by atoms with Crippen LogP contribution in [0.15, 0.2) is 67.0 Å². The zero-order chi connectivity index (χ0) is 27.9. The molecule has 5 rings (SSSR count). The molecule has 0 saturated carbocycles. The Morgan fingerprint density at radius 3 is 1.60 bits per heavy atom. The Morgan fingerprint density at radius 1 is 0.650 bits per heavy atom. The third-order valence-electron chi connectivity index (χ3n) is 5.42. The van der Waals surface area contributed by atoms with Crippen LogP contribution in [0, 0.1) is 0 Å². The predicted molar refractivity (Wildman–Crippen MR) is 131 cm³/mol. The van der Waals surface area contributed by atoms with E-state index in [1.165, 1.54) is 30.6 Å². The Balaban J connectivity index is 0.00000370. The molecule has 16 heteroatoms. The summed E-state index contributed by atoms with van der Waals surface area (Å²) in [7, 11) is -1.02. The van der Waals surface area contributed by atoms with E-state index in [-0.39, 0.29) is 54.2 Å². The predicted octanol–water partition coefficient (Wildman–Crippen LogP) is 5.37. The van der Waals surface area contributed by atoms with Crippen LogP contribution in [0.2, 0.25) is 0 Å². The number of rotatable bonds is 5. The van der Waals surface area contributed by atoms with Crippen molar-refractivity contribution in [3.05, 3.63) is 78.6 Å². The maximum atomic E-state index is 13.8. The quantitative estimate of drug-likeness (QED) is 0.177. The van der Waals surface area contributed by atoms with Crippen molar-refractivity contribution in [2.75, 3.05) is 13.3 Å². The molecule has 0 fully saturated rings. The summed E-state index contributed by atoms with van der Waals surface area (Å²) in [5.41, 5.74) is 0.222. The number of hydrogen-bond donors (Lipinski definition) is 0. The van der Waals surface area contributed by atoms with Gasteiger partial charge in [0.2, 0.25) is 0 Å². The van der Waals surface area contributed by atoms with Crippen molar-refractivity contribution < 1.29 is 46.1 Å². The molecule has 0 aliphatic rings. The second-order valence-electron chi connectivity index (χ2n) is 8.31. The van der Waals surface area contributed by atoms with E-state index in [4.69, 9.17) is 0 Å². The Labute approximate surface area is 237 Å². The maximum Gasteiger partial charge on any atom is 0.453 e. The summed E-state index contributed by atoms with van der Waals surface area (Å²) in [6.07, 6.45) is -7.04. The summed E-state index contributed by atoms with van der Waals surface area (Å²) in [5, 5.41) is 8.02. The van der Waals surface area contributed by atoms with E-state index < -0.39 is 31.9 Å². The third kappa shape index (κ3) is 5.67. The van der Waals surface area contributed by atoms with Gasteiger partial charge in [0.15, 0.2) is 11.6 Å². The van der Waals surface area contributed by atoms with Crippen molar-refractivity contribution in [3.63, 3.8) is 0 Å². The minimum atomic E-state index is -4.90. The van der Waals surface area contributed by atoms with Crippen LogP contribution in [0.5, 0.6) is 0 Å². The first kappa shape index (κ1) is 29.4. The molecular weight excluding hydrogens is 736 g/mol. The molecule has 4 heterocycles. The molecule has 0 N–H and O–H groups in total. The largest absolute Gasteiger partial charge is 0.453 e. The minimum absolute atomic E-state index is 0. The number of benzene rings is 1. The summed E-state index contributed by atoms with van der Waals surface area (Å²) < 4.78 is 84.5. The zero-order valence-corrected chi connectivity index (χ0v) is 23.9. The average Bonchev–Trinajstić information content (AvgIpc) is 3.55. The third-order valence-corrected chi connectivity index (χ3v) is 6.75. The molecule has 0 saturated heterocycles. The average molecular weight is 753 g/mol. The molecule has 40 heavy (non-hydrogen) atoms. The Bertz CT molecular complexity index is 1620. The molecule has 1 aromatic carbocycles. The normalized spacial score (nSPS) is 12.0. The van der Waals surface area contributed by atoms with Gasteiger partial charge in [-0.05, 0) is 43.7 Å². The van der Waals surface area contributed by atoms with E-state index >= 15 is 0 Å². The van der Waals surface area contributed by atoms with Gasteiger partial charge in [-0.25, -0.2) is 19.3 Å². The van der Waals surface area contributed by atoms with Gasteiger partial charge >= 0.3 is 12.4 Å². The molecule has 0 aliphatic carbocycles. The van der Waals surface area contributed by atoms with Crippen molar-refractivity contribution in [1.29, 1.82) is 0 Å². The maximum absolute atomic E-state index is 13.8. The number of alkyl halides is 6. The fourth-order valence-electron chi connectivity index (χ4n) is 3.78. The molecule has 0 radical (unpaired) electrons. The Kier molecular flexibility index (Phi) is 8.20. The first-order chi connectivity index (χ1) is 18.4. The van der Waals surface area contributed by atoms with Gasteiger partial charge in [-0.2, -0.15) is 26.3 Å². The summed E-state index contributed by atoms with van der Waals surface area (Å²) in [6.45, 7) is 3.70. The van der Waals surface area contributed by atoms with Crippen molar-refractivity contribution in [2.45, 2.75) is 12.4 Å². The molecule has 4 aromatic heterocycles. The van der Waals surface area contributed by atoms with Crippen LogP contribution >= 0.6 is 7.92 Å². The summed E-state index contributed by atoms with van der Waals surface area (Å²) >= 11 is 0. The molecule has 0 aliphatic heterocycles. The number of pyridine rings is 2. The molecule has 208 valence electrons. The smallest absolute Gasteiger partial charge is 0.253 e. The molecule has 0 atom stereocenters.